The number of carbonyl (C=O) groups excluding carboxylic acids is 3. The van der Waals surface area contributed by atoms with Crippen LogP contribution >= 0.6 is 11.8 Å². The van der Waals surface area contributed by atoms with Crippen LogP contribution in [0.3, 0.4) is 0 Å². The monoisotopic (exact) mass is 261 g/mol. The minimum Gasteiger partial charge on any atom is -0.444 e. The van der Waals surface area contributed by atoms with Crippen molar-refractivity contribution in [1.29, 1.82) is 0 Å². The molecule has 0 heterocycles. The molecule has 0 saturated heterocycles. The Hall–Kier alpha value is -1.04. The zero-order valence-electron chi connectivity index (χ0n) is 10.8. The first-order chi connectivity index (χ1) is 7.61. The Morgan fingerprint density at radius 3 is 2.24 bits per heavy atom. The smallest absolute Gasteiger partial charge is 0.408 e. The van der Waals surface area contributed by atoms with Crippen molar-refractivity contribution >= 4 is 28.8 Å². The van der Waals surface area contributed by atoms with Crippen molar-refractivity contribution in [1.82, 2.24) is 5.32 Å². The quantitative estimate of drug-likeness (QED) is 0.834. The lowest BCUT2D eigenvalue weighted by atomic mass is 10.2. The van der Waals surface area contributed by atoms with Crippen LogP contribution in [-0.2, 0) is 14.3 Å². The number of ketones is 1. The molecule has 0 saturated carbocycles. The number of hydrogen-bond acceptors (Lipinski definition) is 5. The van der Waals surface area contributed by atoms with Gasteiger partial charge >= 0.3 is 6.09 Å². The van der Waals surface area contributed by atoms with E-state index < -0.39 is 17.7 Å². The number of carbonyl (C=O) groups is 3. The number of alkyl carbamates (subject to hydrolysis) is 1. The number of ether oxygens (including phenoxy) is 1. The molecular weight excluding hydrogens is 242 g/mol. The number of Topliss-reactive ketones (excluding diaryl/α,β-unsaturated/α-hetero) is 1. The Morgan fingerprint density at radius 2 is 1.82 bits per heavy atom. The molecule has 0 radical (unpaired) electrons. The van der Waals surface area contributed by atoms with E-state index in [0.717, 1.165) is 11.8 Å². The maximum atomic E-state index is 11.5. The lowest BCUT2D eigenvalue weighted by Crippen LogP contribution is -2.42. The molecule has 1 N–H and O–H groups in total. The highest BCUT2D eigenvalue weighted by Crippen LogP contribution is 2.07. The molecule has 0 bridgehead atoms. The molecular formula is C11H19NO4S. The van der Waals surface area contributed by atoms with Gasteiger partial charge in [0, 0.05) is 6.92 Å². The lowest BCUT2D eigenvalue weighted by molar-refractivity contribution is -0.118. The average molecular weight is 261 g/mol. The van der Waals surface area contributed by atoms with Gasteiger partial charge in [-0.15, -0.1) is 0 Å². The summed E-state index contributed by atoms with van der Waals surface area (Å²) in [7, 11) is 0. The third-order valence-corrected chi connectivity index (χ3v) is 2.47. The molecule has 0 fully saturated rings. The molecule has 0 aliphatic heterocycles. The Bertz CT molecular complexity index is 309. The first-order valence-electron chi connectivity index (χ1n) is 5.27. The van der Waals surface area contributed by atoms with Crippen LogP contribution in [0.1, 0.15) is 34.6 Å². The SMILES string of the molecule is CC(=O)SCC(=O)C(C)NC(=O)OC(C)(C)C. The lowest BCUT2D eigenvalue weighted by Gasteiger charge is -2.21. The molecule has 0 aromatic heterocycles. The van der Waals surface area contributed by atoms with Crippen molar-refractivity contribution in [2.24, 2.45) is 0 Å². The summed E-state index contributed by atoms with van der Waals surface area (Å²) in [6.45, 7) is 8.18. The second-order valence-electron chi connectivity index (χ2n) is 4.61. The molecule has 0 spiro atoms. The number of hydrogen-bond donors (Lipinski definition) is 1. The van der Waals surface area contributed by atoms with E-state index in [0.29, 0.717) is 0 Å². The van der Waals surface area contributed by atoms with Gasteiger partial charge in [-0.25, -0.2) is 4.79 Å². The van der Waals surface area contributed by atoms with Crippen molar-refractivity contribution in [2.75, 3.05) is 5.75 Å². The van der Waals surface area contributed by atoms with E-state index in [1.807, 2.05) is 0 Å². The minimum atomic E-state index is -0.656. The second kappa shape index (κ2) is 6.64. The van der Waals surface area contributed by atoms with Gasteiger partial charge < -0.3 is 10.1 Å². The van der Waals surface area contributed by atoms with Gasteiger partial charge in [0.2, 0.25) is 0 Å². The van der Waals surface area contributed by atoms with Crippen LogP contribution in [0.2, 0.25) is 0 Å². The van der Waals surface area contributed by atoms with Gasteiger partial charge in [0.15, 0.2) is 10.9 Å². The van der Waals surface area contributed by atoms with Crippen molar-refractivity contribution in [3.05, 3.63) is 0 Å². The summed E-state index contributed by atoms with van der Waals surface area (Å²) in [5, 5.41) is 2.30. The number of rotatable bonds is 4. The molecule has 6 heteroatoms. The third-order valence-electron chi connectivity index (χ3n) is 1.63. The summed E-state index contributed by atoms with van der Waals surface area (Å²) in [4.78, 5) is 33.5. The zero-order chi connectivity index (χ0) is 13.6. The number of nitrogens with one attached hydrogen (secondary N) is 1. The summed E-state index contributed by atoms with van der Waals surface area (Å²) < 4.78 is 5.01. The Labute approximate surface area is 106 Å². The van der Waals surface area contributed by atoms with Crippen LogP contribution in [0.25, 0.3) is 0 Å². The topological polar surface area (TPSA) is 72.5 Å². The maximum Gasteiger partial charge on any atom is 0.408 e. The Kier molecular flexibility index (Phi) is 6.23. The summed E-state index contributed by atoms with van der Waals surface area (Å²) in [5.41, 5.74) is -0.596. The van der Waals surface area contributed by atoms with Crippen LogP contribution in [0.15, 0.2) is 0 Å². The van der Waals surface area contributed by atoms with Gasteiger partial charge in [-0.2, -0.15) is 0 Å². The standard InChI is InChI=1S/C11H19NO4S/c1-7(9(14)6-17-8(2)13)12-10(15)16-11(3,4)5/h7H,6H2,1-5H3,(H,12,15). The van der Waals surface area contributed by atoms with Gasteiger partial charge in [0.1, 0.15) is 5.60 Å². The van der Waals surface area contributed by atoms with Gasteiger partial charge in [-0.3, -0.25) is 9.59 Å². The Morgan fingerprint density at radius 1 is 1.29 bits per heavy atom. The van der Waals surface area contributed by atoms with Crippen molar-refractivity contribution in [3.8, 4) is 0 Å². The normalized spacial score (nSPS) is 12.8. The van der Waals surface area contributed by atoms with Crippen molar-refractivity contribution in [3.63, 3.8) is 0 Å². The van der Waals surface area contributed by atoms with E-state index in [1.165, 1.54) is 6.92 Å². The highest BCUT2D eigenvalue weighted by atomic mass is 32.2. The van der Waals surface area contributed by atoms with E-state index >= 15 is 0 Å². The van der Waals surface area contributed by atoms with E-state index in [4.69, 9.17) is 4.74 Å². The van der Waals surface area contributed by atoms with Gasteiger partial charge in [-0.05, 0) is 27.7 Å². The van der Waals surface area contributed by atoms with Gasteiger partial charge in [0.05, 0.1) is 11.8 Å². The second-order valence-corrected chi connectivity index (χ2v) is 5.77. The molecule has 0 rings (SSSR count). The fraction of sp³-hybridized carbons (Fsp3) is 0.727. The summed E-state index contributed by atoms with van der Waals surface area (Å²) >= 11 is 0.927. The van der Waals surface area contributed by atoms with Gasteiger partial charge in [0.25, 0.3) is 0 Å². The molecule has 0 aliphatic rings. The first-order valence-corrected chi connectivity index (χ1v) is 6.26. The maximum absolute atomic E-state index is 11.5. The van der Waals surface area contributed by atoms with Crippen LogP contribution in [0.5, 0.6) is 0 Å². The summed E-state index contributed by atoms with van der Waals surface area (Å²) in [6.07, 6.45) is -0.633. The molecule has 98 valence electrons. The highest BCUT2D eigenvalue weighted by Gasteiger charge is 2.21. The van der Waals surface area contributed by atoms with E-state index in [1.54, 1.807) is 27.7 Å². The molecule has 1 amide bonds. The van der Waals surface area contributed by atoms with E-state index in [9.17, 15) is 14.4 Å². The number of thioether (sulfide) groups is 1. The molecule has 5 nitrogen and oxygen atoms in total. The van der Waals surface area contributed by atoms with Crippen LogP contribution in [0.4, 0.5) is 4.79 Å². The van der Waals surface area contributed by atoms with Crippen molar-refractivity contribution < 1.29 is 19.1 Å². The van der Waals surface area contributed by atoms with Gasteiger partial charge in [-0.1, -0.05) is 11.8 Å². The molecule has 0 aromatic rings. The van der Waals surface area contributed by atoms with Crippen LogP contribution in [-0.4, -0.2) is 34.4 Å². The summed E-state index contributed by atoms with van der Waals surface area (Å²) in [5.74, 6) is -0.150. The molecule has 1 unspecified atom stereocenters. The van der Waals surface area contributed by atoms with Crippen molar-refractivity contribution in [2.45, 2.75) is 46.3 Å². The largest absolute Gasteiger partial charge is 0.444 e. The third kappa shape index (κ3) is 8.74. The highest BCUT2D eigenvalue weighted by molar-refractivity contribution is 8.14. The molecule has 17 heavy (non-hydrogen) atoms. The minimum absolute atomic E-state index is 0.0618. The number of amides is 1. The van der Waals surface area contributed by atoms with E-state index in [-0.39, 0.29) is 16.7 Å². The summed E-state index contributed by atoms with van der Waals surface area (Å²) in [6, 6.07) is -0.656. The Balaban J connectivity index is 4.08. The fourth-order valence-electron chi connectivity index (χ4n) is 0.863. The molecule has 0 aromatic carbocycles. The molecule has 1 atom stereocenters. The van der Waals surface area contributed by atoms with Crippen LogP contribution in [0, 0.1) is 0 Å². The molecule has 0 aliphatic carbocycles. The zero-order valence-corrected chi connectivity index (χ0v) is 11.6. The predicted molar refractivity (Wildman–Crippen MR) is 67.0 cm³/mol. The average Bonchev–Trinajstić information content (AvgIpc) is 2.10. The fourth-order valence-corrected chi connectivity index (χ4v) is 1.46. The van der Waals surface area contributed by atoms with E-state index in [2.05, 4.69) is 5.32 Å². The first kappa shape index (κ1) is 16.0. The van der Waals surface area contributed by atoms with Crippen LogP contribution < -0.4 is 5.32 Å². The predicted octanol–water partition coefficient (Wildman–Crippen LogP) is 1.75.